The molecule has 178 valence electrons. The van der Waals surface area contributed by atoms with Crippen molar-refractivity contribution in [1.29, 1.82) is 0 Å². The largest absolute Gasteiger partial charge is 0.363 e. The van der Waals surface area contributed by atoms with Gasteiger partial charge in [-0.2, -0.15) is 5.10 Å². The van der Waals surface area contributed by atoms with Crippen molar-refractivity contribution >= 4 is 46.7 Å². The number of hydrogen-bond donors (Lipinski definition) is 2. The monoisotopic (exact) mass is 562 g/mol. The van der Waals surface area contributed by atoms with Crippen LogP contribution in [0.25, 0.3) is 10.9 Å². The Morgan fingerprint density at radius 2 is 2.03 bits per heavy atom. The summed E-state index contributed by atoms with van der Waals surface area (Å²) in [4.78, 5) is 16.4. The number of benzene rings is 1. The van der Waals surface area contributed by atoms with Gasteiger partial charge >= 0.3 is 0 Å². The molecule has 1 unspecified atom stereocenters. The van der Waals surface area contributed by atoms with E-state index in [0.29, 0.717) is 12.5 Å². The lowest BCUT2D eigenvalue weighted by atomic mass is 10.1. The third kappa shape index (κ3) is 5.93. The topological polar surface area (TPSA) is 83.3 Å². The summed E-state index contributed by atoms with van der Waals surface area (Å²) in [5.74, 6) is 4.15. The molecule has 0 saturated carbocycles. The van der Waals surface area contributed by atoms with E-state index in [1.165, 1.54) is 5.56 Å². The van der Waals surface area contributed by atoms with Crippen molar-refractivity contribution in [3.63, 3.8) is 0 Å². The zero-order valence-electron chi connectivity index (χ0n) is 20.2. The Hall–Kier alpha value is -2.43. The minimum atomic E-state index is 0. The Morgan fingerprint density at radius 3 is 2.76 bits per heavy atom. The normalized spacial score (nSPS) is 15.8. The summed E-state index contributed by atoms with van der Waals surface area (Å²) in [5, 5.41) is 12.9. The number of hydrogen-bond acceptors (Lipinski definition) is 5. The number of guanidine groups is 1. The van der Waals surface area contributed by atoms with Gasteiger partial charge < -0.3 is 15.5 Å². The first-order valence-electron chi connectivity index (χ1n) is 11.5. The Kier molecular flexibility index (Phi) is 8.50. The van der Waals surface area contributed by atoms with E-state index in [4.69, 9.17) is 20.1 Å². The van der Waals surface area contributed by atoms with Gasteiger partial charge in [0, 0.05) is 44.4 Å². The van der Waals surface area contributed by atoms with Crippen molar-refractivity contribution in [3.05, 3.63) is 47.5 Å². The van der Waals surface area contributed by atoms with E-state index in [-0.39, 0.29) is 30.0 Å². The SMILES string of the molecule is CCNC(=NCc1cc(N(C)C)nc2ccccc12)NC1CCc2nc(C(C)C)nn2C1.I. The number of aliphatic imine (C=N–C) groups is 1. The van der Waals surface area contributed by atoms with Gasteiger partial charge in [-0.3, -0.25) is 0 Å². The minimum Gasteiger partial charge on any atom is -0.363 e. The number of para-hydroxylation sites is 1. The Balaban J connectivity index is 0.00000306. The average Bonchev–Trinajstić information content (AvgIpc) is 3.21. The Morgan fingerprint density at radius 1 is 1.24 bits per heavy atom. The van der Waals surface area contributed by atoms with Gasteiger partial charge in [-0.05, 0) is 31.0 Å². The van der Waals surface area contributed by atoms with Crippen molar-refractivity contribution in [2.75, 3.05) is 25.5 Å². The van der Waals surface area contributed by atoms with Gasteiger partial charge in [-0.15, -0.1) is 24.0 Å². The highest BCUT2D eigenvalue weighted by Crippen LogP contribution is 2.23. The van der Waals surface area contributed by atoms with Crippen LogP contribution in [-0.4, -0.2) is 52.4 Å². The maximum absolute atomic E-state index is 4.92. The van der Waals surface area contributed by atoms with Crippen molar-refractivity contribution in [2.45, 2.75) is 58.7 Å². The standard InChI is InChI=1S/C24H34N8.HI/c1-6-25-24(27-18-11-12-21-29-23(16(2)3)30-32(21)15-18)26-14-17-13-22(31(4)5)28-20-10-8-7-9-19(17)20;/h7-10,13,16,18H,6,11-12,14-15H2,1-5H3,(H2,25,26,27);1H. The third-order valence-corrected chi connectivity index (χ3v) is 5.73. The van der Waals surface area contributed by atoms with Crippen LogP contribution in [-0.2, 0) is 19.5 Å². The van der Waals surface area contributed by atoms with Crippen LogP contribution >= 0.6 is 24.0 Å². The van der Waals surface area contributed by atoms with Gasteiger partial charge in [0.2, 0.25) is 0 Å². The summed E-state index contributed by atoms with van der Waals surface area (Å²) in [6.45, 7) is 8.56. The predicted molar refractivity (Wildman–Crippen MR) is 146 cm³/mol. The minimum absolute atomic E-state index is 0. The van der Waals surface area contributed by atoms with E-state index in [2.05, 4.69) is 60.4 Å². The lowest BCUT2D eigenvalue weighted by Gasteiger charge is -2.25. The van der Waals surface area contributed by atoms with Crippen molar-refractivity contribution in [1.82, 2.24) is 30.4 Å². The van der Waals surface area contributed by atoms with Gasteiger partial charge in [0.05, 0.1) is 18.6 Å². The molecule has 0 bridgehead atoms. The third-order valence-electron chi connectivity index (χ3n) is 5.73. The van der Waals surface area contributed by atoms with Crippen LogP contribution in [0.5, 0.6) is 0 Å². The first-order valence-corrected chi connectivity index (χ1v) is 11.5. The summed E-state index contributed by atoms with van der Waals surface area (Å²) < 4.78 is 2.06. The van der Waals surface area contributed by atoms with Gasteiger partial charge in [0.1, 0.15) is 11.6 Å². The molecule has 4 rings (SSSR count). The molecular weight excluding hydrogens is 527 g/mol. The highest BCUT2D eigenvalue weighted by atomic mass is 127. The second kappa shape index (κ2) is 11.1. The van der Waals surface area contributed by atoms with Crippen molar-refractivity contribution in [3.8, 4) is 0 Å². The number of nitrogens with one attached hydrogen (secondary N) is 2. The number of pyridine rings is 1. The van der Waals surface area contributed by atoms with Crippen LogP contribution in [0.4, 0.5) is 5.82 Å². The molecule has 3 aromatic rings. The number of halogens is 1. The molecule has 33 heavy (non-hydrogen) atoms. The molecule has 2 N–H and O–H groups in total. The molecule has 0 saturated heterocycles. The van der Waals surface area contributed by atoms with E-state index < -0.39 is 0 Å². The first-order chi connectivity index (χ1) is 15.4. The fourth-order valence-corrected chi connectivity index (χ4v) is 3.96. The lowest BCUT2D eigenvalue weighted by molar-refractivity contribution is 0.391. The number of nitrogens with zero attached hydrogens (tertiary/aromatic N) is 6. The smallest absolute Gasteiger partial charge is 0.191 e. The quantitative estimate of drug-likeness (QED) is 0.271. The molecule has 0 fully saturated rings. The second-order valence-corrected chi connectivity index (χ2v) is 8.85. The first kappa shape index (κ1) is 25.2. The molecule has 1 aliphatic heterocycles. The van der Waals surface area contributed by atoms with Crippen molar-refractivity contribution < 1.29 is 0 Å². The molecule has 3 heterocycles. The van der Waals surface area contributed by atoms with Gasteiger partial charge in [0.15, 0.2) is 11.8 Å². The number of fused-ring (bicyclic) bond motifs is 2. The zero-order chi connectivity index (χ0) is 22.7. The van der Waals surface area contributed by atoms with E-state index in [0.717, 1.165) is 60.3 Å². The maximum atomic E-state index is 4.92. The molecular formula is C24H35IN8. The molecule has 1 aromatic carbocycles. The van der Waals surface area contributed by atoms with E-state index in [1.54, 1.807) is 0 Å². The molecule has 0 aliphatic carbocycles. The van der Waals surface area contributed by atoms with E-state index >= 15 is 0 Å². The number of aryl methyl sites for hydroxylation is 1. The molecule has 2 aromatic heterocycles. The Bertz CT molecular complexity index is 1110. The van der Waals surface area contributed by atoms with Gasteiger partial charge in [-0.25, -0.2) is 19.6 Å². The van der Waals surface area contributed by atoms with Crippen LogP contribution in [0.1, 0.15) is 50.3 Å². The maximum Gasteiger partial charge on any atom is 0.191 e. The average molecular weight is 563 g/mol. The zero-order valence-corrected chi connectivity index (χ0v) is 22.5. The van der Waals surface area contributed by atoms with Crippen LogP contribution in [0.3, 0.4) is 0 Å². The Labute approximate surface area is 213 Å². The highest BCUT2D eigenvalue weighted by molar-refractivity contribution is 14.0. The van der Waals surface area contributed by atoms with E-state index in [9.17, 15) is 0 Å². The molecule has 0 radical (unpaired) electrons. The molecule has 8 nitrogen and oxygen atoms in total. The van der Waals surface area contributed by atoms with Crippen LogP contribution in [0, 0.1) is 0 Å². The van der Waals surface area contributed by atoms with Crippen molar-refractivity contribution in [2.24, 2.45) is 4.99 Å². The molecule has 9 heteroatoms. The van der Waals surface area contributed by atoms with E-state index in [1.807, 2.05) is 25.1 Å². The van der Waals surface area contributed by atoms with Gasteiger partial charge in [-0.1, -0.05) is 32.0 Å². The molecule has 1 aliphatic rings. The lowest BCUT2D eigenvalue weighted by Crippen LogP contribution is -2.47. The second-order valence-electron chi connectivity index (χ2n) is 8.85. The summed E-state index contributed by atoms with van der Waals surface area (Å²) in [5.41, 5.74) is 2.16. The predicted octanol–water partition coefficient (Wildman–Crippen LogP) is 3.70. The summed E-state index contributed by atoms with van der Waals surface area (Å²) >= 11 is 0. The van der Waals surface area contributed by atoms with Crippen LogP contribution < -0.4 is 15.5 Å². The fraction of sp³-hybridized carbons (Fsp3) is 0.500. The highest BCUT2D eigenvalue weighted by Gasteiger charge is 2.23. The molecule has 0 amide bonds. The summed E-state index contributed by atoms with van der Waals surface area (Å²) in [6, 6.07) is 10.7. The van der Waals surface area contributed by atoms with Crippen LogP contribution in [0.2, 0.25) is 0 Å². The molecule has 0 spiro atoms. The molecule has 1 atom stereocenters. The summed E-state index contributed by atoms with van der Waals surface area (Å²) in [6.07, 6.45) is 1.95. The summed E-state index contributed by atoms with van der Waals surface area (Å²) in [7, 11) is 4.03. The number of rotatable bonds is 6. The number of anilines is 1. The van der Waals surface area contributed by atoms with Gasteiger partial charge in [0.25, 0.3) is 0 Å². The fourth-order valence-electron chi connectivity index (χ4n) is 3.96. The van der Waals surface area contributed by atoms with Crippen LogP contribution in [0.15, 0.2) is 35.3 Å². The number of aromatic nitrogens is 4.